The van der Waals surface area contributed by atoms with Crippen molar-refractivity contribution in [2.75, 3.05) is 12.4 Å². The van der Waals surface area contributed by atoms with E-state index in [1.807, 2.05) is 36.5 Å². The molecule has 4 rings (SSSR count). The van der Waals surface area contributed by atoms with E-state index in [4.69, 9.17) is 5.26 Å². The maximum Gasteiger partial charge on any atom is 0.413 e. The quantitative estimate of drug-likeness (QED) is 0.504. The van der Waals surface area contributed by atoms with Crippen LogP contribution < -0.4 is 5.32 Å². The summed E-state index contributed by atoms with van der Waals surface area (Å²) in [5, 5.41) is 12.6. The number of imidazole rings is 1. The molecular formula is C18H13N5O2S. The van der Waals surface area contributed by atoms with Crippen molar-refractivity contribution in [2.24, 2.45) is 0 Å². The average Bonchev–Trinajstić information content (AvgIpc) is 3.24. The van der Waals surface area contributed by atoms with Gasteiger partial charge in [0.05, 0.1) is 29.8 Å². The van der Waals surface area contributed by atoms with Crippen LogP contribution in [0.15, 0.2) is 52.4 Å². The minimum absolute atomic E-state index is 0.333. The van der Waals surface area contributed by atoms with E-state index in [0.29, 0.717) is 11.5 Å². The Bertz CT molecular complexity index is 1170. The summed E-state index contributed by atoms with van der Waals surface area (Å²) < 4.78 is 4.56. The first-order chi connectivity index (χ1) is 12.7. The largest absolute Gasteiger partial charge is 0.453 e. The van der Waals surface area contributed by atoms with Gasteiger partial charge in [0.1, 0.15) is 0 Å². The van der Waals surface area contributed by atoms with Gasteiger partial charge in [-0.25, -0.2) is 9.78 Å². The van der Waals surface area contributed by atoms with E-state index in [-0.39, 0.29) is 0 Å². The number of methoxy groups -OCH3 is 1. The highest BCUT2D eigenvalue weighted by Crippen LogP contribution is 2.35. The molecule has 2 heterocycles. The molecule has 0 unspecified atom stereocenters. The number of carbonyl (C=O) groups excluding carboxylic acids is 1. The van der Waals surface area contributed by atoms with Crippen molar-refractivity contribution in [1.82, 2.24) is 15.0 Å². The molecule has 1 amide bonds. The van der Waals surface area contributed by atoms with Gasteiger partial charge in [-0.05, 0) is 36.4 Å². The summed E-state index contributed by atoms with van der Waals surface area (Å²) in [6.45, 7) is 0. The molecular weight excluding hydrogens is 350 g/mol. The predicted octanol–water partition coefficient (Wildman–Crippen LogP) is 4.25. The molecule has 26 heavy (non-hydrogen) atoms. The number of anilines is 1. The van der Waals surface area contributed by atoms with E-state index < -0.39 is 6.09 Å². The minimum Gasteiger partial charge on any atom is -0.453 e. The molecule has 0 fully saturated rings. The third-order valence-corrected chi connectivity index (χ3v) is 4.91. The number of nitriles is 1. The number of nitrogens with zero attached hydrogens (tertiary/aromatic N) is 2. The second-order valence-corrected chi connectivity index (χ2v) is 6.62. The van der Waals surface area contributed by atoms with Gasteiger partial charge in [0, 0.05) is 26.9 Å². The van der Waals surface area contributed by atoms with Crippen LogP contribution in [0.3, 0.4) is 0 Å². The van der Waals surface area contributed by atoms with E-state index in [1.54, 1.807) is 17.8 Å². The van der Waals surface area contributed by atoms with Crippen molar-refractivity contribution in [3.05, 3.63) is 48.2 Å². The van der Waals surface area contributed by atoms with Gasteiger partial charge in [-0.15, -0.1) is 0 Å². The Morgan fingerprint density at radius 1 is 1.27 bits per heavy atom. The van der Waals surface area contributed by atoms with Crippen LogP contribution in [0.1, 0.15) is 5.56 Å². The number of hydrogen-bond acceptors (Lipinski definition) is 5. The van der Waals surface area contributed by atoms with Gasteiger partial charge in [-0.1, -0.05) is 11.8 Å². The molecule has 0 bridgehead atoms. The summed E-state index contributed by atoms with van der Waals surface area (Å²) in [6.07, 6.45) is 1.35. The zero-order chi connectivity index (χ0) is 18.1. The standard InChI is InChI=1S/C18H13N5O2S/c1-25-18(24)23-17-21-14-5-3-11(7-15(14)22-17)26-16-9-20-13-4-2-10(8-19)6-12(13)16/h2-7,9,20H,1H3,(H2,21,22,23,24). The van der Waals surface area contributed by atoms with E-state index in [9.17, 15) is 4.79 Å². The van der Waals surface area contributed by atoms with E-state index in [0.717, 1.165) is 31.7 Å². The van der Waals surface area contributed by atoms with E-state index in [2.05, 4.69) is 31.1 Å². The number of rotatable bonds is 3. The van der Waals surface area contributed by atoms with Crippen molar-refractivity contribution in [3.63, 3.8) is 0 Å². The molecule has 8 heteroatoms. The molecule has 0 aliphatic rings. The van der Waals surface area contributed by atoms with Gasteiger partial charge in [0.15, 0.2) is 0 Å². The van der Waals surface area contributed by atoms with Crippen molar-refractivity contribution in [3.8, 4) is 6.07 Å². The van der Waals surface area contributed by atoms with Gasteiger partial charge in [0.2, 0.25) is 5.95 Å². The Balaban J connectivity index is 1.65. The van der Waals surface area contributed by atoms with Crippen LogP contribution in [0.2, 0.25) is 0 Å². The van der Waals surface area contributed by atoms with Crippen LogP contribution in [0.4, 0.5) is 10.7 Å². The molecule has 4 aromatic rings. The predicted molar refractivity (Wildman–Crippen MR) is 99.3 cm³/mol. The number of benzene rings is 2. The molecule has 0 aliphatic heterocycles. The molecule has 0 spiro atoms. The van der Waals surface area contributed by atoms with E-state index >= 15 is 0 Å². The zero-order valence-corrected chi connectivity index (χ0v) is 14.5. The normalized spacial score (nSPS) is 10.8. The molecule has 0 atom stereocenters. The first-order valence-corrected chi connectivity index (χ1v) is 8.52. The fraction of sp³-hybridized carbons (Fsp3) is 0.0556. The van der Waals surface area contributed by atoms with Crippen LogP contribution in [-0.4, -0.2) is 28.2 Å². The van der Waals surface area contributed by atoms with Crippen LogP contribution in [0.5, 0.6) is 0 Å². The van der Waals surface area contributed by atoms with Gasteiger partial charge in [0.25, 0.3) is 0 Å². The zero-order valence-electron chi connectivity index (χ0n) is 13.7. The van der Waals surface area contributed by atoms with Crippen molar-refractivity contribution >= 4 is 45.7 Å². The summed E-state index contributed by atoms with van der Waals surface area (Å²) in [5.41, 5.74) is 3.16. The third kappa shape index (κ3) is 2.96. The molecule has 2 aromatic carbocycles. The molecule has 0 saturated heterocycles. The van der Waals surface area contributed by atoms with E-state index in [1.165, 1.54) is 7.11 Å². The topological polar surface area (TPSA) is 107 Å². The highest BCUT2D eigenvalue weighted by molar-refractivity contribution is 7.99. The lowest BCUT2D eigenvalue weighted by Gasteiger charge is -2.00. The molecule has 2 aromatic heterocycles. The summed E-state index contributed by atoms with van der Waals surface area (Å²) in [5.74, 6) is 0.333. The molecule has 7 nitrogen and oxygen atoms in total. The summed E-state index contributed by atoms with van der Waals surface area (Å²) in [4.78, 5) is 23.9. The second kappa shape index (κ2) is 6.46. The smallest absolute Gasteiger partial charge is 0.413 e. The highest BCUT2D eigenvalue weighted by Gasteiger charge is 2.10. The Hall–Kier alpha value is -3.44. The first kappa shape index (κ1) is 16.1. The van der Waals surface area contributed by atoms with Crippen molar-refractivity contribution in [1.29, 1.82) is 5.26 Å². The maximum absolute atomic E-state index is 11.3. The van der Waals surface area contributed by atoms with Gasteiger partial charge in [-0.2, -0.15) is 5.26 Å². The Morgan fingerprint density at radius 3 is 2.96 bits per heavy atom. The Kier molecular flexibility index (Phi) is 3.99. The number of amides is 1. The number of aromatic amines is 2. The number of carbonyl (C=O) groups is 1. The lowest BCUT2D eigenvalue weighted by Crippen LogP contribution is -2.11. The number of H-pyrrole nitrogens is 2. The Labute approximate surface area is 152 Å². The first-order valence-electron chi connectivity index (χ1n) is 7.70. The van der Waals surface area contributed by atoms with Gasteiger partial charge >= 0.3 is 6.09 Å². The fourth-order valence-corrected chi connectivity index (χ4v) is 3.60. The molecule has 0 saturated carbocycles. The van der Waals surface area contributed by atoms with Crippen LogP contribution >= 0.6 is 11.8 Å². The second-order valence-electron chi connectivity index (χ2n) is 5.51. The van der Waals surface area contributed by atoms with Crippen LogP contribution in [0.25, 0.3) is 21.9 Å². The lowest BCUT2D eigenvalue weighted by atomic mass is 10.2. The molecule has 128 valence electrons. The summed E-state index contributed by atoms with van der Waals surface area (Å²) in [7, 11) is 1.30. The van der Waals surface area contributed by atoms with Crippen molar-refractivity contribution < 1.29 is 9.53 Å². The minimum atomic E-state index is -0.578. The number of nitrogens with one attached hydrogen (secondary N) is 3. The van der Waals surface area contributed by atoms with Crippen LogP contribution in [0, 0.1) is 11.3 Å². The fourth-order valence-electron chi connectivity index (χ4n) is 2.64. The molecule has 3 N–H and O–H groups in total. The maximum atomic E-state index is 11.3. The van der Waals surface area contributed by atoms with Gasteiger partial charge in [-0.3, -0.25) is 5.32 Å². The number of hydrogen-bond donors (Lipinski definition) is 3. The SMILES string of the molecule is COC(=O)Nc1nc2ccc(Sc3c[nH]c4ccc(C#N)cc34)cc2[nH]1. The lowest BCUT2D eigenvalue weighted by molar-refractivity contribution is 0.186. The third-order valence-electron chi connectivity index (χ3n) is 3.86. The summed E-state index contributed by atoms with van der Waals surface area (Å²) >= 11 is 1.58. The number of fused-ring (bicyclic) bond motifs is 2. The number of ether oxygens (including phenoxy) is 1. The average molecular weight is 363 g/mol. The number of aromatic nitrogens is 3. The van der Waals surface area contributed by atoms with Gasteiger partial charge < -0.3 is 14.7 Å². The monoisotopic (exact) mass is 363 g/mol. The van der Waals surface area contributed by atoms with Crippen molar-refractivity contribution in [2.45, 2.75) is 9.79 Å². The van der Waals surface area contributed by atoms with Crippen LogP contribution in [-0.2, 0) is 4.74 Å². The summed E-state index contributed by atoms with van der Waals surface area (Å²) in [6, 6.07) is 13.5. The Morgan fingerprint density at radius 2 is 2.15 bits per heavy atom. The molecule has 0 aliphatic carbocycles. The molecule has 0 radical (unpaired) electrons. The highest BCUT2D eigenvalue weighted by atomic mass is 32.2.